The molecule has 0 bridgehead atoms. The lowest BCUT2D eigenvalue weighted by Crippen LogP contribution is -2.34. The van der Waals surface area contributed by atoms with Crippen molar-refractivity contribution in [2.24, 2.45) is 0 Å². The molecule has 0 saturated heterocycles. The van der Waals surface area contributed by atoms with Gasteiger partial charge < -0.3 is 14.8 Å². The summed E-state index contributed by atoms with van der Waals surface area (Å²) >= 11 is 0. The van der Waals surface area contributed by atoms with E-state index in [0.29, 0.717) is 24.8 Å². The Hall–Kier alpha value is -1.55. The molecule has 1 amide bonds. The van der Waals surface area contributed by atoms with Gasteiger partial charge in [0.15, 0.2) is 0 Å². The maximum atomic E-state index is 12.5. The summed E-state index contributed by atoms with van der Waals surface area (Å²) in [5.41, 5.74) is 1.60. The summed E-state index contributed by atoms with van der Waals surface area (Å²) in [4.78, 5) is 12.5. The molecule has 0 radical (unpaired) electrons. The summed E-state index contributed by atoms with van der Waals surface area (Å²) in [6, 6.07) is 5.85. The first-order chi connectivity index (χ1) is 10.7. The van der Waals surface area contributed by atoms with Gasteiger partial charge in [-0.15, -0.1) is 0 Å². The number of amides is 1. The molecular formula is C18H27NO3. The Kier molecular flexibility index (Phi) is 6.72. The largest absolute Gasteiger partial charge is 0.496 e. The third kappa shape index (κ3) is 4.73. The van der Waals surface area contributed by atoms with Crippen LogP contribution < -0.4 is 10.1 Å². The second kappa shape index (κ2) is 8.79. The van der Waals surface area contributed by atoms with Crippen LogP contribution in [-0.4, -0.2) is 25.7 Å². The van der Waals surface area contributed by atoms with Crippen molar-refractivity contribution in [2.75, 3.05) is 13.7 Å². The number of hydrogen-bond donors (Lipinski definition) is 1. The predicted molar refractivity (Wildman–Crippen MR) is 87.3 cm³/mol. The molecule has 1 aromatic rings. The van der Waals surface area contributed by atoms with E-state index >= 15 is 0 Å². The highest BCUT2D eigenvalue weighted by atomic mass is 16.5. The topological polar surface area (TPSA) is 47.6 Å². The Balaban J connectivity index is 2.04. The van der Waals surface area contributed by atoms with Gasteiger partial charge in [-0.25, -0.2) is 0 Å². The number of carbonyl (C=O) groups excluding carboxylic acids is 1. The smallest absolute Gasteiger partial charge is 0.251 e. The second-order valence-corrected chi connectivity index (χ2v) is 5.83. The minimum atomic E-state index is 0.00676. The number of hydrogen-bond acceptors (Lipinski definition) is 3. The monoisotopic (exact) mass is 305 g/mol. The highest BCUT2D eigenvalue weighted by Crippen LogP contribution is 2.22. The first-order valence-corrected chi connectivity index (χ1v) is 8.30. The maximum Gasteiger partial charge on any atom is 0.251 e. The third-order valence-corrected chi connectivity index (χ3v) is 4.19. The number of ether oxygens (including phenoxy) is 2. The molecule has 1 aliphatic rings. The Morgan fingerprint density at radius 2 is 1.95 bits per heavy atom. The van der Waals surface area contributed by atoms with Gasteiger partial charge in [-0.3, -0.25) is 4.79 Å². The molecule has 1 aromatic carbocycles. The molecule has 0 heterocycles. The van der Waals surface area contributed by atoms with Gasteiger partial charge in [0.05, 0.1) is 13.7 Å². The summed E-state index contributed by atoms with van der Waals surface area (Å²) in [5, 5.41) is 3.18. The van der Waals surface area contributed by atoms with E-state index in [-0.39, 0.29) is 5.91 Å². The number of rotatable bonds is 6. The standard InChI is InChI=1S/C18H27NO3/c1-3-22-13-15-12-14(10-11-17(15)21-2)18(20)19-16-8-6-4-5-7-9-16/h10-12,16H,3-9,13H2,1-2H3,(H,19,20). The number of carbonyl (C=O) groups is 1. The van der Waals surface area contributed by atoms with Crippen LogP contribution in [0.4, 0.5) is 0 Å². The Morgan fingerprint density at radius 1 is 1.23 bits per heavy atom. The van der Waals surface area contributed by atoms with Crippen molar-refractivity contribution in [1.29, 1.82) is 0 Å². The molecule has 0 atom stereocenters. The van der Waals surface area contributed by atoms with Crippen LogP contribution in [0, 0.1) is 0 Å². The summed E-state index contributed by atoms with van der Waals surface area (Å²) in [6.45, 7) is 3.06. The number of methoxy groups -OCH3 is 1. The van der Waals surface area contributed by atoms with Crippen molar-refractivity contribution in [1.82, 2.24) is 5.32 Å². The van der Waals surface area contributed by atoms with E-state index in [1.54, 1.807) is 7.11 Å². The first kappa shape index (κ1) is 16.8. The fourth-order valence-corrected chi connectivity index (χ4v) is 2.94. The molecule has 2 rings (SSSR count). The van der Waals surface area contributed by atoms with Crippen LogP contribution in [0.2, 0.25) is 0 Å². The SMILES string of the molecule is CCOCc1cc(C(=O)NC2CCCCCC2)ccc1OC. The van der Waals surface area contributed by atoms with Crippen molar-refractivity contribution < 1.29 is 14.3 Å². The average Bonchev–Trinajstić information content (AvgIpc) is 2.81. The van der Waals surface area contributed by atoms with Gasteiger partial charge in [-0.2, -0.15) is 0 Å². The van der Waals surface area contributed by atoms with Crippen LogP contribution in [0.3, 0.4) is 0 Å². The van der Waals surface area contributed by atoms with Crippen LogP contribution in [0.5, 0.6) is 5.75 Å². The Bertz CT molecular complexity index is 479. The molecule has 22 heavy (non-hydrogen) atoms. The molecule has 1 saturated carbocycles. The van der Waals surface area contributed by atoms with E-state index in [1.165, 1.54) is 25.7 Å². The Labute approximate surface area is 133 Å². The molecule has 0 aliphatic heterocycles. The van der Waals surface area contributed by atoms with Crippen molar-refractivity contribution in [3.8, 4) is 5.75 Å². The van der Waals surface area contributed by atoms with Crippen LogP contribution in [0.25, 0.3) is 0 Å². The van der Waals surface area contributed by atoms with Gasteiger partial charge in [0.25, 0.3) is 5.91 Å². The van der Waals surface area contributed by atoms with Crippen molar-refractivity contribution in [3.63, 3.8) is 0 Å². The van der Waals surface area contributed by atoms with E-state index in [2.05, 4.69) is 5.32 Å². The average molecular weight is 305 g/mol. The molecule has 4 nitrogen and oxygen atoms in total. The molecule has 1 fully saturated rings. The van der Waals surface area contributed by atoms with Crippen LogP contribution in [0.15, 0.2) is 18.2 Å². The van der Waals surface area contributed by atoms with E-state index in [1.807, 2.05) is 25.1 Å². The summed E-state index contributed by atoms with van der Waals surface area (Å²) in [7, 11) is 1.63. The second-order valence-electron chi connectivity index (χ2n) is 5.83. The summed E-state index contributed by atoms with van der Waals surface area (Å²) in [5.74, 6) is 0.770. The van der Waals surface area contributed by atoms with Crippen LogP contribution >= 0.6 is 0 Å². The lowest BCUT2D eigenvalue weighted by Gasteiger charge is -2.17. The molecular weight excluding hydrogens is 278 g/mol. The van der Waals surface area contributed by atoms with E-state index in [9.17, 15) is 4.79 Å². The fraction of sp³-hybridized carbons (Fsp3) is 0.611. The minimum Gasteiger partial charge on any atom is -0.496 e. The zero-order chi connectivity index (χ0) is 15.8. The first-order valence-electron chi connectivity index (χ1n) is 8.30. The number of benzene rings is 1. The highest BCUT2D eigenvalue weighted by molar-refractivity contribution is 5.94. The molecule has 122 valence electrons. The van der Waals surface area contributed by atoms with Gasteiger partial charge in [-0.05, 0) is 38.0 Å². The van der Waals surface area contributed by atoms with E-state index < -0.39 is 0 Å². The van der Waals surface area contributed by atoms with E-state index in [4.69, 9.17) is 9.47 Å². The van der Waals surface area contributed by atoms with Crippen molar-refractivity contribution in [3.05, 3.63) is 29.3 Å². The summed E-state index contributed by atoms with van der Waals surface area (Å²) < 4.78 is 10.8. The maximum absolute atomic E-state index is 12.5. The third-order valence-electron chi connectivity index (χ3n) is 4.19. The van der Waals surface area contributed by atoms with Gasteiger partial charge >= 0.3 is 0 Å². The zero-order valence-corrected chi connectivity index (χ0v) is 13.7. The predicted octanol–water partition coefficient (Wildman–Crippen LogP) is 3.68. The van der Waals surface area contributed by atoms with Gasteiger partial charge in [-0.1, -0.05) is 25.7 Å². The van der Waals surface area contributed by atoms with Crippen molar-refractivity contribution in [2.45, 2.75) is 58.1 Å². The summed E-state index contributed by atoms with van der Waals surface area (Å²) in [6.07, 6.45) is 7.18. The van der Waals surface area contributed by atoms with Crippen molar-refractivity contribution >= 4 is 5.91 Å². The minimum absolute atomic E-state index is 0.00676. The van der Waals surface area contributed by atoms with Gasteiger partial charge in [0, 0.05) is 23.8 Å². The van der Waals surface area contributed by atoms with E-state index in [0.717, 1.165) is 24.2 Å². The zero-order valence-electron chi connectivity index (χ0n) is 13.7. The molecule has 1 aliphatic carbocycles. The molecule has 4 heteroatoms. The molecule has 0 unspecified atom stereocenters. The Morgan fingerprint density at radius 3 is 2.59 bits per heavy atom. The molecule has 0 aromatic heterocycles. The van der Waals surface area contributed by atoms with Crippen LogP contribution in [-0.2, 0) is 11.3 Å². The molecule has 1 N–H and O–H groups in total. The molecule has 0 spiro atoms. The van der Waals surface area contributed by atoms with Gasteiger partial charge in [0.1, 0.15) is 5.75 Å². The number of nitrogens with one attached hydrogen (secondary N) is 1. The normalized spacial score (nSPS) is 16.1. The van der Waals surface area contributed by atoms with Gasteiger partial charge in [0.2, 0.25) is 0 Å². The quantitative estimate of drug-likeness (QED) is 0.816. The lowest BCUT2D eigenvalue weighted by molar-refractivity contribution is 0.0932. The fourth-order valence-electron chi connectivity index (χ4n) is 2.94. The van der Waals surface area contributed by atoms with Crippen LogP contribution in [0.1, 0.15) is 61.4 Å². The lowest BCUT2D eigenvalue weighted by atomic mass is 10.1. The highest BCUT2D eigenvalue weighted by Gasteiger charge is 2.16.